The molecule has 0 aromatic rings. The van der Waals surface area contributed by atoms with E-state index in [2.05, 4.69) is 148 Å². The predicted octanol–water partition coefficient (Wildman–Crippen LogP) is 15.8. The Labute approximate surface area is 415 Å². The second kappa shape index (κ2) is 48.2. The van der Waals surface area contributed by atoms with E-state index in [1.807, 2.05) is 21.1 Å². The maximum absolute atomic E-state index is 12.8. The molecule has 0 rings (SSSR count). The van der Waals surface area contributed by atoms with Crippen LogP contribution in [-0.4, -0.2) is 74.9 Å². The number of phosphoric acid groups is 1. The Hall–Kier alpha value is -3.85. The lowest BCUT2D eigenvalue weighted by Crippen LogP contribution is -2.37. The van der Waals surface area contributed by atoms with E-state index in [4.69, 9.17) is 18.5 Å². The van der Waals surface area contributed by atoms with E-state index < -0.39 is 32.5 Å². The largest absolute Gasteiger partial charge is 0.472 e. The summed E-state index contributed by atoms with van der Waals surface area (Å²) in [7, 11) is 1.42. The molecule has 0 aliphatic rings. The zero-order valence-corrected chi connectivity index (χ0v) is 44.2. The fourth-order valence-electron chi connectivity index (χ4n) is 6.22. The Morgan fingerprint density at radius 2 is 0.794 bits per heavy atom. The Morgan fingerprint density at radius 3 is 1.21 bits per heavy atom. The topological polar surface area (TPSA) is 108 Å². The van der Waals surface area contributed by atoms with Crippen LogP contribution >= 0.6 is 7.82 Å². The molecule has 0 saturated heterocycles. The quantitative estimate of drug-likeness (QED) is 0.0211. The molecule has 1 N–H and O–H groups in total. The number of ether oxygens (including phenoxy) is 2. The molecule has 0 aromatic heterocycles. The maximum Gasteiger partial charge on any atom is 0.472 e. The van der Waals surface area contributed by atoms with E-state index in [9.17, 15) is 19.0 Å². The molecular weight excluding hydrogens is 870 g/mol. The van der Waals surface area contributed by atoms with Crippen LogP contribution in [0.4, 0.5) is 0 Å². The van der Waals surface area contributed by atoms with Gasteiger partial charge in [0.05, 0.1) is 27.7 Å². The van der Waals surface area contributed by atoms with Gasteiger partial charge in [0.25, 0.3) is 0 Å². The van der Waals surface area contributed by atoms with Gasteiger partial charge in [-0.05, 0) is 109 Å². The van der Waals surface area contributed by atoms with Gasteiger partial charge in [-0.3, -0.25) is 18.6 Å². The van der Waals surface area contributed by atoms with Gasteiger partial charge in [-0.1, -0.05) is 180 Å². The van der Waals surface area contributed by atoms with Crippen LogP contribution in [0.25, 0.3) is 0 Å². The molecule has 0 saturated carbocycles. The molecule has 0 radical (unpaired) electrons. The Balaban J connectivity index is 4.39. The number of carbonyl (C=O) groups excluding carboxylic acids is 2. The monoisotopic (exact) mass is 965 g/mol. The average Bonchev–Trinajstić information content (AvgIpc) is 3.30. The van der Waals surface area contributed by atoms with Crippen molar-refractivity contribution in [1.82, 2.24) is 0 Å². The molecule has 0 fully saturated rings. The average molecular weight is 965 g/mol. The highest BCUT2D eigenvalue weighted by molar-refractivity contribution is 7.47. The summed E-state index contributed by atoms with van der Waals surface area (Å²) in [5.41, 5.74) is 0. The first-order valence-corrected chi connectivity index (χ1v) is 27.4. The molecule has 68 heavy (non-hydrogen) atoms. The van der Waals surface area contributed by atoms with Crippen LogP contribution in [0.1, 0.15) is 168 Å². The van der Waals surface area contributed by atoms with Crippen LogP contribution < -0.4 is 0 Å². The van der Waals surface area contributed by atoms with Gasteiger partial charge in [0.15, 0.2) is 6.10 Å². The van der Waals surface area contributed by atoms with Gasteiger partial charge in [-0.15, -0.1) is 0 Å². The second-order valence-corrected chi connectivity index (χ2v) is 19.2. The van der Waals surface area contributed by atoms with Crippen molar-refractivity contribution in [3.8, 4) is 0 Å². The molecule has 0 heterocycles. The van der Waals surface area contributed by atoms with E-state index in [1.165, 1.54) is 19.3 Å². The van der Waals surface area contributed by atoms with Crippen LogP contribution in [0.5, 0.6) is 0 Å². The van der Waals surface area contributed by atoms with Crippen molar-refractivity contribution >= 4 is 19.8 Å². The van der Waals surface area contributed by atoms with Gasteiger partial charge in [-0.2, -0.15) is 0 Å². The maximum atomic E-state index is 12.8. The summed E-state index contributed by atoms with van der Waals surface area (Å²) < 4.78 is 34.4. The lowest BCUT2D eigenvalue weighted by atomic mass is 10.1. The first-order chi connectivity index (χ1) is 33.0. The van der Waals surface area contributed by atoms with Crippen LogP contribution in [0, 0.1) is 0 Å². The van der Waals surface area contributed by atoms with Crippen molar-refractivity contribution in [2.24, 2.45) is 0 Å². The summed E-state index contributed by atoms with van der Waals surface area (Å²) in [6.07, 6.45) is 69.4. The molecule has 9 nitrogen and oxygen atoms in total. The molecule has 0 bridgehead atoms. The van der Waals surface area contributed by atoms with Crippen molar-refractivity contribution in [2.75, 3.05) is 47.5 Å². The highest BCUT2D eigenvalue weighted by Gasteiger charge is 2.27. The molecule has 0 spiro atoms. The van der Waals surface area contributed by atoms with Crippen LogP contribution in [0.2, 0.25) is 0 Å². The third kappa shape index (κ3) is 51.5. The van der Waals surface area contributed by atoms with Gasteiger partial charge < -0.3 is 18.9 Å². The number of unbranched alkanes of at least 4 members (excludes halogenated alkanes) is 9. The lowest BCUT2D eigenvalue weighted by molar-refractivity contribution is -0.870. The number of quaternary nitrogens is 1. The molecule has 0 aliphatic carbocycles. The summed E-state index contributed by atoms with van der Waals surface area (Å²) in [6.45, 7) is 4.11. The van der Waals surface area contributed by atoms with Crippen LogP contribution in [0.3, 0.4) is 0 Å². The van der Waals surface area contributed by atoms with Gasteiger partial charge in [0.1, 0.15) is 19.8 Å². The highest BCUT2D eigenvalue weighted by Crippen LogP contribution is 2.43. The molecule has 2 unspecified atom stereocenters. The zero-order valence-electron chi connectivity index (χ0n) is 43.3. The Morgan fingerprint density at radius 1 is 0.456 bits per heavy atom. The van der Waals surface area contributed by atoms with Gasteiger partial charge in [-0.25, -0.2) is 4.57 Å². The summed E-state index contributed by atoms with van der Waals surface area (Å²) in [5, 5.41) is 0. The summed E-state index contributed by atoms with van der Waals surface area (Å²) in [5.74, 6) is -0.874. The number of hydrogen-bond acceptors (Lipinski definition) is 7. The summed E-state index contributed by atoms with van der Waals surface area (Å²) >= 11 is 0. The first kappa shape index (κ1) is 64.2. The van der Waals surface area contributed by atoms with Crippen molar-refractivity contribution in [2.45, 2.75) is 174 Å². The van der Waals surface area contributed by atoms with Crippen LogP contribution in [-0.2, 0) is 32.7 Å². The van der Waals surface area contributed by atoms with E-state index in [-0.39, 0.29) is 26.1 Å². The van der Waals surface area contributed by atoms with E-state index in [1.54, 1.807) is 0 Å². The van der Waals surface area contributed by atoms with Gasteiger partial charge >= 0.3 is 19.8 Å². The molecule has 0 aliphatic heterocycles. The minimum absolute atomic E-state index is 0.0128. The number of rotatable bonds is 45. The van der Waals surface area contributed by atoms with Crippen molar-refractivity contribution in [3.63, 3.8) is 0 Å². The van der Waals surface area contributed by atoms with Crippen LogP contribution in [0.15, 0.2) is 134 Å². The van der Waals surface area contributed by atoms with E-state index in [0.717, 1.165) is 109 Å². The van der Waals surface area contributed by atoms with Gasteiger partial charge in [0, 0.05) is 12.8 Å². The predicted molar refractivity (Wildman–Crippen MR) is 288 cm³/mol. The molecule has 2 atom stereocenters. The first-order valence-electron chi connectivity index (χ1n) is 25.9. The van der Waals surface area contributed by atoms with Gasteiger partial charge in [0.2, 0.25) is 0 Å². The number of allylic oxidation sites excluding steroid dienone is 22. The minimum atomic E-state index is -4.41. The van der Waals surface area contributed by atoms with E-state index in [0.29, 0.717) is 23.9 Å². The molecule has 0 amide bonds. The fraction of sp³-hybridized carbons (Fsp3) is 0.586. The number of phosphoric ester groups is 1. The number of likely N-dealkylation sites (N-methyl/N-ethyl adjacent to an activating group) is 1. The summed E-state index contributed by atoms with van der Waals surface area (Å²) in [4.78, 5) is 35.6. The minimum Gasteiger partial charge on any atom is -0.462 e. The number of carbonyl (C=O) groups is 2. The summed E-state index contributed by atoms with van der Waals surface area (Å²) in [6, 6.07) is 0. The normalized spacial score (nSPS) is 14.5. The number of nitrogens with zero attached hydrogens (tertiary/aromatic N) is 1. The molecular formula is C58H95NO8P+. The van der Waals surface area contributed by atoms with Crippen molar-refractivity contribution < 1.29 is 42.1 Å². The molecule has 10 heteroatoms. The SMILES string of the molecule is CC/C=C\C/C=C\C/C=C\C/C=C\C/C=C\C/C=C\C/C=C\C/C=C\CCCCC(=O)OC(COC(=O)CCCCCCCCC/C=C\C/C=C\C/C=C\CC)COP(=O)(O)OCC[N+](C)(C)C. The lowest BCUT2D eigenvalue weighted by Gasteiger charge is -2.24. The number of hydrogen-bond donors (Lipinski definition) is 1. The smallest absolute Gasteiger partial charge is 0.462 e. The third-order valence-electron chi connectivity index (χ3n) is 10.2. The number of esters is 2. The van der Waals surface area contributed by atoms with Crippen molar-refractivity contribution in [3.05, 3.63) is 134 Å². The second-order valence-electron chi connectivity index (χ2n) is 17.8. The zero-order chi connectivity index (χ0) is 49.9. The Bertz CT molecular complexity index is 1610. The fourth-order valence-corrected chi connectivity index (χ4v) is 6.96. The molecule has 384 valence electrons. The van der Waals surface area contributed by atoms with E-state index >= 15 is 0 Å². The Kier molecular flexibility index (Phi) is 45.5. The highest BCUT2D eigenvalue weighted by atomic mass is 31.2. The molecule has 0 aromatic carbocycles. The van der Waals surface area contributed by atoms with Crippen molar-refractivity contribution in [1.29, 1.82) is 0 Å². The standard InChI is InChI=1S/C58H94NO8P/c1-6-8-10-12-14-16-18-20-22-24-25-26-27-28-29-30-31-32-33-35-37-39-41-43-45-47-49-51-58(61)67-56(55-66-68(62,63)65-53-52-59(3,4)5)54-64-57(60)50-48-46-44-42-40-38-36-34-23-21-19-17-15-13-11-9-7-2/h8-11,14-17,20-23,25-26,28-29,31-32,35,37,41,43,56H,6-7,12-13,18-19,24,27,30,33-34,36,38-40,42,44-55H2,1-5H3/p+1/b10-8-,11-9-,16-14-,17-15-,22-20-,23-21-,26-25-,29-28-,32-31-,37-35-,43-41-. The third-order valence-corrected chi connectivity index (χ3v) is 11.2.